The standard InChI is InChI=1S/C19H21N5O3/c1-22-16(12-3-5-14(27-2)6-4-12)11-24-10-15(21-17(24)19(22)26)18(25)23-8-7-13(20)9-23/h3-6,10-11,13H,7-9,20H2,1-2H3/t13-/m1/s1. The number of hydrogen-bond acceptors (Lipinski definition) is 5. The molecular formula is C19H21N5O3. The first-order chi connectivity index (χ1) is 13.0. The Labute approximate surface area is 155 Å². The van der Waals surface area contributed by atoms with Crippen LogP contribution >= 0.6 is 0 Å². The number of benzene rings is 1. The Balaban J connectivity index is 1.76. The van der Waals surface area contributed by atoms with E-state index in [0.29, 0.717) is 13.1 Å². The Morgan fingerprint density at radius 3 is 2.63 bits per heavy atom. The number of amides is 1. The number of ether oxygens (including phenoxy) is 1. The van der Waals surface area contributed by atoms with Crippen molar-refractivity contribution in [2.75, 3.05) is 20.2 Å². The fourth-order valence-electron chi connectivity index (χ4n) is 3.39. The van der Waals surface area contributed by atoms with E-state index in [1.165, 1.54) is 4.57 Å². The number of rotatable bonds is 3. The number of carbonyl (C=O) groups excluding carboxylic acids is 1. The molecule has 0 spiro atoms. The number of nitrogens with zero attached hydrogens (tertiary/aromatic N) is 4. The van der Waals surface area contributed by atoms with Crippen LogP contribution in [0.25, 0.3) is 16.9 Å². The summed E-state index contributed by atoms with van der Waals surface area (Å²) in [6.07, 6.45) is 4.19. The molecule has 27 heavy (non-hydrogen) atoms. The number of hydrogen-bond donors (Lipinski definition) is 1. The molecular weight excluding hydrogens is 346 g/mol. The molecule has 1 aromatic carbocycles. The van der Waals surface area contributed by atoms with Crippen LogP contribution < -0.4 is 16.0 Å². The molecule has 3 heterocycles. The number of nitrogens with two attached hydrogens (primary N) is 1. The maximum absolute atomic E-state index is 12.8. The van der Waals surface area contributed by atoms with Gasteiger partial charge >= 0.3 is 0 Å². The largest absolute Gasteiger partial charge is 0.497 e. The van der Waals surface area contributed by atoms with E-state index in [0.717, 1.165) is 23.4 Å². The lowest BCUT2D eigenvalue weighted by atomic mass is 10.1. The molecule has 1 saturated heterocycles. The van der Waals surface area contributed by atoms with Crippen molar-refractivity contribution in [1.82, 2.24) is 18.9 Å². The second kappa shape index (κ2) is 6.55. The highest BCUT2D eigenvalue weighted by Gasteiger charge is 2.26. The highest BCUT2D eigenvalue weighted by molar-refractivity contribution is 5.93. The van der Waals surface area contributed by atoms with E-state index in [9.17, 15) is 9.59 Å². The molecule has 2 aromatic heterocycles. The van der Waals surface area contributed by atoms with E-state index in [1.807, 2.05) is 24.3 Å². The lowest BCUT2D eigenvalue weighted by Gasteiger charge is -2.13. The summed E-state index contributed by atoms with van der Waals surface area (Å²) in [4.78, 5) is 31.4. The first-order valence-corrected chi connectivity index (χ1v) is 8.76. The zero-order chi connectivity index (χ0) is 19.1. The molecule has 0 aliphatic carbocycles. The third-order valence-electron chi connectivity index (χ3n) is 4.97. The first kappa shape index (κ1) is 17.3. The zero-order valence-electron chi connectivity index (χ0n) is 15.3. The van der Waals surface area contributed by atoms with Gasteiger partial charge in [0, 0.05) is 44.1 Å². The molecule has 1 amide bonds. The summed E-state index contributed by atoms with van der Waals surface area (Å²) in [6, 6.07) is 7.44. The quantitative estimate of drug-likeness (QED) is 0.742. The van der Waals surface area contributed by atoms with Crippen molar-refractivity contribution in [2.24, 2.45) is 12.8 Å². The number of likely N-dealkylation sites (tertiary alicyclic amines) is 1. The molecule has 1 atom stereocenters. The summed E-state index contributed by atoms with van der Waals surface area (Å²) >= 11 is 0. The maximum Gasteiger partial charge on any atom is 0.294 e. The number of aromatic nitrogens is 3. The van der Waals surface area contributed by atoms with Gasteiger partial charge in [0.25, 0.3) is 11.5 Å². The minimum atomic E-state index is -0.263. The zero-order valence-corrected chi connectivity index (χ0v) is 15.3. The Hall–Kier alpha value is -3.13. The minimum absolute atomic E-state index is 0.000487. The van der Waals surface area contributed by atoms with Gasteiger partial charge in [-0.25, -0.2) is 4.98 Å². The van der Waals surface area contributed by atoms with E-state index in [2.05, 4.69) is 4.98 Å². The maximum atomic E-state index is 12.8. The number of imidazole rings is 1. The van der Waals surface area contributed by atoms with Gasteiger partial charge in [0.2, 0.25) is 5.65 Å². The molecule has 8 nitrogen and oxygen atoms in total. The summed E-state index contributed by atoms with van der Waals surface area (Å²) in [5.74, 6) is 0.545. The van der Waals surface area contributed by atoms with E-state index in [-0.39, 0.29) is 28.8 Å². The predicted octanol–water partition coefficient (Wildman–Crippen LogP) is 0.882. The summed E-state index contributed by atoms with van der Waals surface area (Å²) in [5, 5.41) is 0. The first-order valence-electron chi connectivity index (χ1n) is 8.76. The monoisotopic (exact) mass is 367 g/mol. The van der Waals surface area contributed by atoms with Gasteiger partial charge in [-0.1, -0.05) is 0 Å². The Bertz CT molecular complexity index is 1070. The number of methoxy groups -OCH3 is 1. The van der Waals surface area contributed by atoms with E-state index in [4.69, 9.17) is 10.5 Å². The van der Waals surface area contributed by atoms with Gasteiger partial charge in [0.1, 0.15) is 11.4 Å². The summed E-state index contributed by atoms with van der Waals surface area (Å²) < 4.78 is 8.33. The number of fused-ring (bicyclic) bond motifs is 1. The minimum Gasteiger partial charge on any atom is -0.497 e. The summed E-state index contributed by atoms with van der Waals surface area (Å²) in [7, 11) is 3.30. The average Bonchev–Trinajstić information content (AvgIpc) is 3.31. The van der Waals surface area contributed by atoms with Gasteiger partial charge in [-0.05, 0) is 30.7 Å². The smallest absolute Gasteiger partial charge is 0.294 e. The van der Waals surface area contributed by atoms with Crippen molar-refractivity contribution in [1.29, 1.82) is 0 Å². The fourth-order valence-corrected chi connectivity index (χ4v) is 3.39. The van der Waals surface area contributed by atoms with Crippen LogP contribution in [0, 0.1) is 0 Å². The molecule has 4 rings (SSSR count). The van der Waals surface area contributed by atoms with Crippen molar-refractivity contribution in [3.05, 3.63) is 52.7 Å². The van der Waals surface area contributed by atoms with Crippen molar-refractivity contribution in [2.45, 2.75) is 12.5 Å². The van der Waals surface area contributed by atoms with Crippen molar-refractivity contribution in [3.63, 3.8) is 0 Å². The molecule has 0 bridgehead atoms. The van der Waals surface area contributed by atoms with Crippen molar-refractivity contribution in [3.8, 4) is 17.0 Å². The van der Waals surface area contributed by atoms with Crippen molar-refractivity contribution >= 4 is 11.6 Å². The van der Waals surface area contributed by atoms with Crippen molar-refractivity contribution < 1.29 is 9.53 Å². The molecule has 1 aliphatic rings. The average molecular weight is 367 g/mol. The van der Waals surface area contributed by atoms with Crippen LogP contribution in [0.15, 0.2) is 41.5 Å². The highest BCUT2D eigenvalue weighted by atomic mass is 16.5. The van der Waals surface area contributed by atoms with Crippen LogP contribution in [0.3, 0.4) is 0 Å². The molecule has 0 radical (unpaired) electrons. The molecule has 0 unspecified atom stereocenters. The van der Waals surface area contributed by atoms with Crippen LogP contribution in [-0.4, -0.2) is 51.0 Å². The Morgan fingerprint density at radius 1 is 1.26 bits per heavy atom. The lowest BCUT2D eigenvalue weighted by Crippen LogP contribution is -2.32. The Morgan fingerprint density at radius 2 is 2.00 bits per heavy atom. The van der Waals surface area contributed by atoms with Crippen LogP contribution in [0.4, 0.5) is 0 Å². The second-order valence-corrected chi connectivity index (χ2v) is 6.76. The summed E-state index contributed by atoms with van der Waals surface area (Å²) in [5.41, 5.74) is 7.68. The van der Waals surface area contributed by atoms with E-state index >= 15 is 0 Å². The van der Waals surface area contributed by atoms with E-state index in [1.54, 1.807) is 35.9 Å². The second-order valence-electron chi connectivity index (χ2n) is 6.76. The lowest BCUT2D eigenvalue weighted by molar-refractivity contribution is 0.0786. The van der Waals surface area contributed by atoms with Crippen LogP contribution in [-0.2, 0) is 7.05 Å². The SMILES string of the molecule is COc1ccc(-c2cn3cc(C(=O)N4CC[C@@H](N)C4)nc3c(=O)n2C)cc1. The van der Waals surface area contributed by atoms with Crippen LogP contribution in [0.1, 0.15) is 16.9 Å². The van der Waals surface area contributed by atoms with Gasteiger partial charge < -0.3 is 19.9 Å². The highest BCUT2D eigenvalue weighted by Crippen LogP contribution is 2.22. The molecule has 0 saturated carbocycles. The molecule has 3 aromatic rings. The van der Waals surface area contributed by atoms with Gasteiger partial charge in [-0.3, -0.25) is 14.0 Å². The predicted molar refractivity (Wildman–Crippen MR) is 101 cm³/mol. The molecule has 140 valence electrons. The van der Waals surface area contributed by atoms with E-state index < -0.39 is 0 Å². The van der Waals surface area contributed by atoms with Gasteiger partial charge in [0.15, 0.2) is 0 Å². The third-order valence-corrected chi connectivity index (χ3v) is 4.97. The van der Waals surface area contributed by atoms with Gasteiger partial charge in [-0.2, -0.15) is 0 Å². The van der Waals surface area contributed by atoms with Crippen LogP contribution in [0.2, 0.25) is 0 Å². The topological polar surface area (TPSA) is 94.9 Å². The normalized spacial score (nSPS) is 16.9. The molecule has 8 heteroatoms. The fraction of sp³-hybridized carbons (Fsp3) is 0.316. The number of carbonyl (C=O) groups is 1. The molecule has 1 aliphatic heterocycles. The molecule has 2 N–H and O–H groups in total. The van der Waals surface area contributed by atoms with Crippen LogP contribution in [0.5, 0.6) is 5.75 Å². The van der Waals surface area contributed by atoms with Gasteiger partial charge in [-0.15, -0.1) is 0 Å². The molecule has 1 fully saturated rings. The third kappa shape index (κ3) is 2.97. The Kier molecular flexibility index (Phi) is 4.19. The van der Waals surface area contributed by atoms with Gasteiger partial charge in [0.05, 0.1) is 12.8 Å². The summed E-state index contributed by atoms with van der Waals surface area (Å²) in [6.45, 7) is 1.13.